The van der Waals surface area contributed by atoms with Gasteiger partial charge in [0.15, 0.2) is 6.29 Å². The fourth-order valence-corrected chi connectivity index (χ4v) is 5.34. The molecule has 0 aromatic heterocycles. The molecule has 4 aromatic carbocycles. The molecule has 3 atom stereocenters. The summed E-state index contributed by atoms with van der Waals surface area (Å²) < 4.78 is 12.8. The zero-order chi connectivity index (χ0) is 27.9. The van der Waals surface area contributed by atoms with Crippen molar-refractivity contribution >= 4 is 29.3 Å². The zero-order valence-corrected chi connectivity index (χ0v) is 22.4. The van der Waals surface area contributed by atoms with Crippen molar-refractivity contribution in [3.05, 3.63) is 131 Å². The van der Waals surface area contributed by atoms with Gasteiger partial charge in [0, 0.05) is 33.9 Å². The Balaban J connectivity index is 1.30. The second-order valence-electron chi connectivity index (χ2n) is 9.43. The third kappa shape index (κ3) is 6.97. The number of benzene rings is 4. The van der Waals surface area contributed by atoms with Gasteiger partial charge in [0.25, 0.3) is 5.91 Å². The molecule has 1 aliphatic rings. The summed E-state index contributed by atoms with van der Waals surface area (Å²) in [7, 11) is 0. The molecule has 3 N–H and O–H groups in total. The van der Waals surface area contributed by atoms with Crippen LogP contribution >= 0.6 is 11.8 Å². The fourth-order valence-electron chi connectivity index (χ4n) is 4.42. The number of thioether (sulfide) groups is 1. The first-order chi connectivity index (χ1) is 19.5. The predicted octanol–water partition coefficient (Wildman–Crippen LogP) is 6.47. The van der Waals surface area contributed by atoms with Crippen LogP contribution in [0.4, 0.5) is 5.69 Å². The highest BCUT2D eigenvalue weighted by Crippen LogP contribution is 2.39. The van der Waals surface area contributed by atoms with E-state index < -0.39 is 12.3 Å². The van der Waals surface area contributed by atoms with Crippen LogP contribution in [0.2, 0.25) is 0 Å². The van der Waals surface area contributed by atoms with Crippen molar-refractivity contribution in [2.75, 3.05) is 11.1 Å². The number of aliphatic hydroxyl groups excluding tert-OH is 1. The number of nitrogens with one attached hydrogen (secondary N) is 1. The van der Waals surface area contributed by atoms with Crippen molar-refractivity contribution in [3.8, 4) is 0 Å². The lowest BCUT2D eigenvalue weighted by Gasteiger charge is -2.36. The monoisotopic (exact) mass is 555 g/mol. The average Bonchev–Trinajstić information content (AvgIpc) is 3.01. The summed E-state index contributed by atoms with van der Waals surface area (Å²) in [5.74, 6) is -0.478. The van der Waals surface area contributed by atoms with E-state index in [-0.39, 0.29) is 30.3 Å². The van der Waals surface area contributed by atoms with Crippen LogP contribution in [0, 0.1) is 0 Å². The van der Waals surface area contributed by atoms with Gasteiger partial charge >= 0.3 is 5.97 Å². The van der Waals surface area contributed by atoms with Crippen LogP contribution in [0.25, 0.3) is 0 Å². The van der Waals surface area contributed by atoms with E-state index in [0.717, 1.165) is 21.6 Å². The molecule has 7 nitrogen and oxygen atoms in total. The maximum Gasteiger partial charge on any atom is 0.335 e. The zero-order valence-electron chi connectivity index (χ0n) is 21.6. The van der Waals surface area contributed by atoms with E-state index in [1.54, 1.807) is 48.2 Å². The highest BCUT2D eigenvalue weighted by atomic mass is 32.2. The largest absolute Gasteiger partial charge is 0.478 e. The lowest BCUT2D eigenvalue weighted by atomic mass is 10.0. The lowest BCUT2D eigenvalue weighted by Crippen LogP contribution is -2.31. The lowest BCUT2D eigenvalue weighted by molar-refractivity contribution is -0.245. The number of aromatic carboxylic acids is 1. The van der Waals surface area contributed by atoms with Crippen LogP contribution in [0.5, 0.6) is 0 Å². The van der Waals surface area contributed by atoms with E-state index in [4.69, 9.17) is 14.6 Å². The van der Waals surface area contributed by atoms with Crippen LogP contribution in [-0.2, 0) is 16.1 Å². The number of aliphatic hydroxyl groups is 1. The second kappa shape index (κ2) is 12.9. The Labute approximate surface area is 236 Å². The third-order valence-electron chi connectivity index (χ3n) is 6.63. The van der Waals surface area contributed by atoms with Crippen molar-refractivity contribution < 1.29 is 29.3 Å². The molecule has 3 unspecified atom stereocenters. The van der Waals surface area contributed by atoms with Crippen molar-refractivity contribution in [2.45, 2.75) is 36.4 Å². The predicted molar refractivity (Wildman–Crippen MR) is 153 cm³/mol. The highest BCUT2D eigenvalue weighted by Gasteiger charge is 2.32. The number of carboxylic acids is 1. The molecule has 5 rings (SSSR count). The number of carbonyl (C=O) groups is 2. The Morgan fingerprint density at radius 1 is 0.800 bits per heavy atom. The third-order valence-corrected chi connectivity index (χ3v) is 7.77. The summed E-state index contributed by atoms with van der Waals surface area (Å²) in [4.78, 5) is 24.6. The number of ether oxygens (including phenoxy) is 2. The molecule has 1 amide bonds. The topological polar surface area (TPSA) is 105 Å². The average molecular weight is 556 g/mol. The summed E-state index contributed by atoms with van der Waals surface area (Å²) in [5, 5.41) is 21.5. The van der Waals surface area contributed by atoms with Crippen molar-refractivity contribution in [1.29, 1.82) is 0 Å². The molecule has 40 heavy (non-hydrogen) atoms. The van der Waals surface area contributed by atoms with Crippen LogP contribution in [-0.4, -0.2) is 33.9 Å². The molecule has 0 bridgehead atoms. The molecule has 1 heterocycles. The quantitative estimate of drug-likeness (QED) is 0.203. The first-order valence-corrected chi connectivity index (χ1v) is 13.9. The smallest absolute Gasteiger partial charge is 0.335 e. The number of hydrogen-bond acceptors (Lipinski definition) is 6. The molecular formula is C32H29NO6S. The minimum Gasteiger partial charge on any atom is -0.478 e. The van der Waals surface area contributed by atoms with Gasteiger partial charge in [0.05, 0.1) is 24.4 Å². The molecule has 0 aliphatic carbocycles. The van der Waals surface area contributed by atoms with Gasteiger partial charge in [-0.3, -0.25) is 4.79 Å². The minimum absolute atomic E-state index is 0.0232. The number of anilines is 1. The first-order valence-electron chi connectivity index (χ1n) is 12.9. The van der Waals surface area contributed by atoms with Gasteiger partial charge in [-0.25, -0.2) is 4.79 Å². The molecule has 0 saturated carbocycles. The molecule has 1 aliphatic heterocycles. The summed E-state index contributed by atoms with van der Waals surface area (Å²) in [6.07, 6.45) is -0.331. The van der Waals surface area contributed by atoms with Crippen LogP contribution < -0.4 is 5.32 Å². The van der Waals surface area contributed by atoms with Gasteiger partial charge in [-0.15, -0.1) is 11.8 Å². The fraction of sp³-hybridized carbons (Fsp3) is 0.188. The van der Waals surface area contributed by atoms with E-state index in [2.05, 4.69) is 5.32 Å². The second-order valence-corrected chi connectivity index (χ2v) is 10.5. The van der Waals surface area contributed by atoms with E-state index >= 15 is 0 Å². The van der Waals surface area contributed by atoms with E-state index in [1.807, 2.05) is 66.7 Å². The molecular weight excluding hydrogens is 526 g/mol. The van der Waals surface area contributed by atoms with Crippen molar-refractivity contribution in [2.24, 2.45) is 0 Å². The van der Waals surface area contributed by atoms with E-state index in [1.165, 1.54) is 0 Å². The molecule has 204 valence electrons. The van der Waals surface area contributed by atoms with E-state index in [9.17, 15) is 14.7 Å². The minimum atomic E-state index is -0.951. The Bertz CT molecular complexity index is 1430. The van der Waals surface area contributed by atoms with Gasteiger partial charge in [0.2, 0.25) is 0 Å². The van der Waals surface area contributed by atoms with Gasteiger partial charge < -0.3 is 25.0 Å². The summed E-state index contributed by atoms with van der Waals surface area (Å²) in [6.45, 7) is -0.0232. The number of rotatable bonds is 9. The number of carbonyl (C=O) groups excluding carboxylic acids is 1. The van der Waals surface area contributed by atoms with Gasteiger partial charge in [0.1, 0.15) is 0 Å². The van der Waals surface area contributed by atoms with Crippen LogP contribution in [0.3, 0.4) is 0 Å². The molecule has 1 fully saturated rings. The van der Waals surface area contributed by atoms with Gasteiger partial charge in [-0.05, 0) is 59.7 Å². The molecule has 1 saturated heterocycles. The number of carboxylic acid groups (broad SMARTS) is 1. The van der Waals surface area contributed by atoms with Crippen LogP contribution in [0.1, 0.15) is 56.2 Å². The Kier molecular flexibility index (Phi) is 8.93. The van der Waals surface area contributed by atoms with Gasteiger partial charge in [-0.2, -0.15) is 0 Å². The summed E-state index contributed by atoms with van der Waals surface area (Å²) in [5.41, 5.74) is 4.16. The van der Waals surface area contributed by atoms with Crippen molar-refractivity contribution in [1.82, 2.24) is 0 Å². The Morgan fingerprint density at radius 2 is 1.48 bits per heavy atom. The van der Waals surface area contributed by atoms with Crippen LogP contribution in [0.15, 0.2) is 108 Å². The molecule has 0 spiro atoms. The Morgan fingerprint density at radius 3 is 2.12 bits per heavy atom. The first kappa shape index (κ1) is 27.6. The number of amides is 1. The maximum absolute atomic E-state index is 12.5. The number of hydrogen-bond donors (Lipinski definition) is 3. The Hall–Kier alpha value is -3.95. The maximum atomic E-state index is 12.5. The summed E-state index contributed by atoms with van der Waals surface area (Å²) >= 11 is 1.60. The SMILES string of the molecule is O=C(O)c1ccc(SCC2CC(c3ccc(CO)cc3)OC(c3ccc(NC(=O)c4ccccc4)cc3)O2)cc1. The highest BCUT2D eigenvalue weighted by molar-refractivity contribution is 7.99. The molecule has 0 radical (unpaired) electrons. The standard InChI is InChI=1S/C32H29NO6S/c34-19-21-6-8-22(9-7-21)29-18-27(20-40-28-16-12-24(13-17-28)31(36)37)38-32(39-29)25-10-14-26(15-11-25)33-30(35)23-4-2-1-3-5-23/h1-17,27,29,32,34H,18-20H2,(H,33,35)(H,36,37). The van der Waals surface area contributed by atoms with Gasteiger partial charge in [-0.1, -0.05) is 54.6 Å². The normalized spacial score (nSPS) is 18.7. The van der Waals surface area contributed by atoms with E-state index in [0.29, 0.717) is 23.4 Å². The molecule has 8 heteroatoms. The summed E-state index contributed by atoms with van der Waals surface area (Å²) in [6, 6.07) is 31.0. The molecule has 4 aromatic rings. The van der Waals surface area contributed by atoms with Crippen molar-refractivity contribution in [3.63, 3.8) is 0 Å².